The van der Waals surface area contributed by atoms with E-state index in [-0.39, 0.29) is 19.0 Å². The zero-order valence-corrected chi connectivity index (χ0v) is 15.8. The molecule has 1 atom stereocenters. The lowest BCUT2D eigenvalue weighted by Gasteiger charge is -2.26. The maximum atomic E-state index is 13.6. The van der Waals surface area contributed by atoms with Crippen LogP contribution in [-0.2, 0) is 32.2 Å². The highest BCUT2D eigenvalue weighted by atomic mass is 32.2. The van der Waals surface area contributed by atoms with Gasteiger partial charge in [-0.2, -0.15) is 8.42 Å². The summed E-state index contributed by atoms with van der Waals surface area (Å²) in [4.78, 5) is 11.5. The van der Waals surface area contributed by atoms with Crippen LogP contribution in [0, 0.1) is 5.82 Å². The molecule has 0 aliphatic heterocycles. The molecule has 0 saturated heterocycles. The molecule has 1 amide bonds. The Balaban J connectivity index is 1.96. The lowest BCUT2D eigenvalue weighted by atomic mass is 10.2. The van der Waals surface area contributed by atoms with E-state index in [2.05, 4.69) is 5.32 Å². The van der Waals surface area contributed by atoms with E-state index in [1.807, 2.05) is 0 Å². The van der Waals surface area contributed by atoms with Crippen LogP contribution in [0.2, 0.25) is 0 Å². The van der Waals surface area contributed by atoms with Crippen molar-refractivity contribution in [3.05, 3.63) is 65.5 Å². The van der Waals surface area contributed by atoms with Gasteiger partial charge in [-0.3, -0.25) is 10.1 Å². The van der Waals surface area contributed by atoms with Crippen LogP contribution in [-0.4, -0.2) is 26.3 Å². The van der Waals surface area contributed by atoms with E-state index < -0.39 is 21.8 Å². The van der Waals surface area contributed by atoms with Gasteiger partial charge in [-0.25, -0.2) is 8.57 Å². The number of primary amides is 1. The van der Waals surface area contributed by atoms with Gasteiger partial charge in [0.25, 0.3) is 16.0 Å². The summed E-state index contributed by atoms with van der Waals surface area (Å²) in [6.07, 6.45) is 0.831. The molecule has 0 aliphatic carbocycles. The van der Waals surface area contributed by atoms with E-state index >= 15 is 0 Å². The van der Waals surface area contributed by atoms with Crippen molar-refractivity contribution in [3.8, 4) is 5.75 Å². The van der Waals surface area contributed by atoms with Crippen LogP contribution in [0.1, 0.15) is 18.1 Å². The van der Waals surface area contributed by atoms with E-state index in [4.69, 9.17) is 14.7 Å². The van der Waals surface area contributed by atoms with Gasteiger partial charge in [-0.1, -0.05) is 30.3 Å². The summed E-state index contributed by atoms with van der Waals surface area (Å²) in [5, 5.41) is 2.69. The molecule has 7 nitrogen and oxygen atoms in total. The quantitative estimate of drug-likeness (QED) is 0.493. The zero-order valence-electron chi connectivity index (χ0n) is 14.9. The molecule has 1 unspecified atom stereocenters. The van der Waals surface area contributed by atoms with Crippen molar-refractivity contribution < 1.29 is 26.5 Å². The number of rotatable bonds is 9. The molecule has 0 aromatic heterocycles. The molecule has 9 heteroatoms. The van der Waals surface area contributed by atoms with Crippen LogP contribution < -0.4 is 15.8 Å². The van der Waals surface area contributed by atoms with Crippen molar-refractivity contribution in [2.24, 2.45) is 5.73 Å². The van der Waals surface area contributed by atoms with Crippen LogP contribution in [0.3, 0.4) is 0 Å². The second-order valence-electron chi connectivity index (χ2n) is 6.06. The Kier molecular flexibility index (Phi) is 6.53. The van der Waals surface area contributed by atoms with Crippen molar-refractivity contribution in [2.45, 2.75) is 25.8 Å². The van der Waals surface area contributed by atoms with E-state index in [1.54, 1.807) is 42.5 Å². The highest BCUT2D eigenvalue weighted by Gasteiger charge is 2.35. The Labute approximate surface area is 157 Å². The van der Waals surface area contributed by atoms with Crippen LogP contribution in [0.15, 0.2) is 48.5 Å². The summed E-state index contributed by atoms with van der Waals surface area (Å²) >= 11 is 0. The van der Waals surface area contributed by atoms with Crippen molar-refractivity contribution in [1.29, 1.82) is 0 Å². The number of hydrogen-bond acceptors (Lipinski definition) is 6. The molecule has 27 heavy (non-hydrogen) atoms. The Morgan fingerprint density at radius 1 is 1.19 bits per heavy atom. The highest BCUT2D eigenvalue weighted by Crippen LogP contribution is 2.17. The van der Waals surface area contributed by atoms with Gasteiger partial charge in [-0.05, 0) is 30.7 Å². The molecule has 0 spiro atoms. The lowest BCUT2D eigenvalue weighted by molar-refractivity contribution is -0.134. The minimum Gasteiger partial charge on any atom is -0.489 e. The SMILES string of the molecule is CC(NCc1ccc(OCc2ccccc2F)cc1)(OS(C)(=O)=O)C(N)=O. The standard InChI is InChI=1S/C18H21FN2O5S/c1-18(17(20)22,26-27(2,23)24)21-11-13-7-9-15(10-8-13)25-12-14-5-3-4-6-16(14)19/h3-10,21H,11-12H2,1-2H3,(H2,20,22). The first kappa shape index (κ1) is 20.8. The van der Waals surface area contributed by atoms with Gasteiger partial charge in [-0.15, -0.1) is 0 Å². The van der Waals surface area contributed by atoms with E-state index in [0.717, 1.165) is 11.8 Å². The Morgan fingerprint density at radius 3 is 2.37 bits per heavy atom. The Hall–Kier alpha value is -2.49. The van der Waals surface area contributed by atoms with Crippen LogP contribution in [0.5, 0.6) is 5.75 Å². The molecule has 0 radical (unpaired) electrons. The molecule has 0 aliphatic rings. The summed E-state index contributed by atoms with van der Waals surface area (Å²) < 4.78 is 46.5. The van der Waals surface area contributed by atoms with Gasteiger partial charge in [0, 0.05) is 12.1 Å². The number of nitrogens with one attached hydrogen (secondary N) is 1. The molecular weight excluding hydrogens is 375 g/mol. The minimum absolute atomic E-state index is 0.0895. The summed E-state index contributed by atoms with van der Waals surface area (Å²) in [7, 11) is -3.89. The smallest absolute Gasteiger partial charge is 0.266 e. The number of halogens is 1. The van der Waals surface area contributed by atoms with Gasteiger partial charge in [0.1, 0.15) is 18.2 Å². The molecule has 2 aromatic carbocycles. The number of hydrogen-bond donors (Lipinski definition) is 2. The van der Waals surface area contributed by atoms with Crippen LogP contribution >= 0.6 is 0 Å². The second-order valence-corrected chi connectivity index (χ2v) is 7.64. The first-order valence-corrected chi connectivity index (χ1v) is 9.81. The molecular formula is C18H21FN2O5S. The van der Waals surface area contributed by atoms with Gasteiger partial charge in [0.15, 0.2) is 0 Å². The predicted molar refractivity (Wildman–Crippen MR) is 97.5 cm³/mol. The summed E-state index contributed by atoms with van der Waals surface area (Å²) in [6.45, 7) is 1.46. The Bertz CT molecular complexity index is 902. The lowest BCUT2D eigenvalue weighted by Crippen LogP contribution is -2.55. The Morgan fingerprint density at radius 2 is 1.81 bits per heavy atom. The molecule has 0 saturated carbocycles. The number of benzene rings is 2. The average molecular weight is 396 g/mol. The summed E-state index contributed by atoms with van der Waals surface area (Å²) in [5.41, 5.74) is 4.54. The topological polar surface area (TPSA) is 108 Å². The molecule has 3 N–H and O–H groups in total. The van der Waals surface area contributed by atoms with Gasteiger partial charge < -0.3 is 10.5 Å². The second kappa shape index (κ2) is 8.47. The fourth-order valence-corrected chi connectivity index (χ4v) is 2.96. The van der Waals surface area contributed by atoms with Gasteiger partial charge >= 0.3 is 0 Å². The van der Waals surface area contributed by atoms with Crippen LogP contribution in [0.4, 0.5) is 4.39 Å². The van der Waals surface area contributed by atoms with E-state index in [0.29, 0.717) is 11.3 Å². The monoisotopic (exact) mass is 396 g/mol. The minimum atomic E-state index is -3.89. The molecule has 0 bridgehead atoms. The highest BCUT2D eigenvalue weighted by molar-refractivity contribution is 7.86. The first-order valence-electron chi connectivity index (χ1n) is 8.00. The normalized spacial score (nSPS) is 13.7. The zero-order chi connectivity index (χ0) is 20.1. The number of nitrogens with two attached hydrogens (primary N) is 1. The predicted octanol–water partition coefficient (Wildman–Crippen LogP) is 1.67. The van der Waals surface area contributed by atoms with E-state index in [1.165, 1.54) is 13.0 Å². The first-order chi connectivity index (χ1) is 12.6. The van der Waals surface area contributed by atoms with Crippen molar-refractivity contribution in [3.63, 3.8) is 0 Å². The van der Waals surface area contributed by atoms with Crippen molar-refractivity contribution >= 4 is 16.0 Å². The van der Waals surface area contributed by atoms with E-state index in [9.17, 15) is 17.6 Å². The molecule has 146 valence electrons. The molecule has 2 rings (SSSR count). The summed E-state index contributed by atoms with van der Waals surface area (Å²) in [6, 6.07) is 13.1. The summed E-state index contributed by atoms with van der Waals surface area (Å²) in [5.74, 6) is -0.764. The van der Waals surface area contributed by atoms with Gasteiger partial charge in [0.05, 0.1) is 6.26 Å². The van der Waals surface area contributed by atoms with Crippen molar-refractivity contribution in [1.82, 2.24) is 5.32 Å². The average Bonchev–Trinajstić information content (AvgIpc) is 2.58. The third-order valence-electron chi connectivity index (χ3n) is 3.69. The van der Waals surface area contributed by atoms with Crippen molar-refractivity contribution in [2.75, 3.05) is 6.26 Å². The fourth-order valence-electron chi connectivity index (χ4n) is 2.21. The largest absolute Gasteiger partial charge is 0.489 e. The number of carbonyl (C=O) groups is 1. The van der Waals surface area contributed by atoms with Crippen LogP contribution in [0.25, 0.3) is 0 Å². The molecule has 0 fully saturated rings. The molecule has 0 heterocycles. The third-order valence-corrected chi connectivity index (χ3v) is 4.33. The number of carbonyl (C=O) groups excluding carboxylic acids is 1. The fraction of sp³-hybridized carbons (Fsp3) is 0.278. The number of ether oxygens (including phenoxy) is 1. The van der Waals surface area contributed by atoms with Gasteiger partial charge in [0.2, 0.25) is 5.72 Å². The molecule has 2 aromatic rings. The number of amides is 1. The maximum absolute atomic E-state index is 13.6. The third kappa shape index (κ3) is 6.31. The maximum Gasteiger partial charge on any atom is 0.266 e.